The van der Waals surface area contributed by atoms with Crippen molar-refractivity contribution in [3.63, 3.8) is 0 Å². The van der Waals surface area contributed by atoms with Crippen molar-refractivity contribution in [2.24, 2.45) is 0 Å². The van der Waals surface area contributed by atoms with Gasteiger partial charge in [0.25, 0.3) is 10.1 Å². The Kier molecular flexibility index (Phi) is 7.20. The number of aryl methyl sites for hydroxylation is 1. The van der Waals surface area contributed by atoms with Crippen LogP contribution in [0.25, 0.3) is 0 Å². The largest absolute Gasteiger partial charge is 0.352 e. The van der Waals surface area contributed by atoms with Crippen molar-refractivity contribution in [1.82, 2.24) is 0 Å². The number of rotatable bonds is 4. The van der Waals surface area contributed by atoms with E-state index in [0.717, 1.165) is 11.1 Å². The molecule has 0 saturated heterocycles. The number of benzene rings is 2. The summed E-state index contributed by atoms with van der Waals surface area (Å²) in [7, 11) is -0.767. The molecule has 6 heteroatoms. The number of hydrogen-bond acceptors (Lipinski definition) is 4. The molecule has 2 aromatic carbocycles. The SMILES string of the molecule is COC(OC)c1ccccc1.Cc1ccc(S(=O)(=O)O)cc1. The zero-order valence-electron chi connectivity index (χ0n) is 12.8. The first-order valence-corrected chi connectivity index (χ1v) is 7.97. The van der Waals surface area contributed by atoms with E-state index < -0.39 is 10.1 Å². The molecule has 5 nitrogen and oxygen atoms in total. The molecule has 0 atom stereocenters. The highest BCUT2D eigenvalue weighted by Crippen LogP contribution is 2.15. The van der Waals surface area contributed by atoms with Crippen molar-refractivity contribution in [2.45, 2.75) is 18.1 Å². The molecule has 2 rings (SSSR count). The van der Waals surface area contributed by atoms with E-state index in [1.165, 1.54) is 12.1 Å². The predicted molar refractivity (Wildman–Crippen MR) is 84.2 cm³/mol. The molecule has 0 radical (unpaired) electrons. The first kappa shape index (κ1) is 18.3. The summed E-state index contributed by atoms with van der Waals surface area (Å²) in [6, 6.07) is 15.8. The lowest BCUT2D eigenvalue weighted by Crippen LogP contribution is -2.02. The van der Waals surface area contributed by atoms with Gasteiger partial charge in [-0.3, -0.25) is 4.55 Å². The Bertz CT molecular complexity index is 647. The molecule has 0 fully saturated rings. The van der Waals surface area contributed by atoms with Crippen LogP contribution in [-0.2, 0) is 19.6 Å². The maximum Gasteiger partial charge on any atom is 0.294 e. The third-order valence-corrected chi connectivity index (χ3v) is 3.69. The lowest BCUT2D eigenvalue weighted by molar-refractivity contribution is -0.106. The van der Waals surface area contributed by atoms with Crippen LogP contribution in [-0.4, -0.2) is 27.2 Å². The van der Waals surface area contributed by atoms with Gasteiger partial charge < -0.3 is 9.47 Å². The average molecular weight is 324 g/mol. The average Bonchev–Trinajstić information content (AvgIpc) is 2.50. The number of hydrogen-bond donors (Lipinski definition) is 1. The van der Waals surface area contributed by atoms with Crippen LogP contribution in [0.4, 0.5) is 0 Å². The van der Waals surface area contributed by atoms with E-state index in [0.29, 0.717) is 0 Å². The molecule has 0 aliphatic heterocycles. The quantitative estimate of drug-likeness (QED) is 0.690. The second-order valence-corrected chi connectivity index (χ2v) is 5.92. The van der Waals surface area contributed by atoms with Crippen molar-refractivity contribution in [3.8, 4) is 0 Å². The van der Waals surface area contributed by atoms with E-state index in [2.05, 4.69) is 0 Å². The van der Waals surface area contributed by atoms with Crippen LogP contribution in [0.3, 0.4) is 0 Å². The molecule has 0 aliphatic rings. The topological polar surface area (TPSA) is 72.8 Å². The van der Waals surface area contributed by atoms with Crippen LogP contribution < -0.4 is 0 Å². The van der Waals surface area contributed by atoms with Crippen LogP contribution in [0.1, 0.15) is 17.4 Å². The summed E-state index contributed by atoms with van der Waals surface area (Å²) < 4.78 is 39.7. The van der Waals surface area contributed by atoms with Crippen molar-refractivity contribution in [1.29, 1.82) is 0 Å². The summed E-state index contributed by atoms with van der Waals surface area (Å²) in [5.74, 6) is 0. The summed E-state index contributed by atoms with van der Waals surface area (Å²) in [5.41, 5.74) is 2.00. The van der Waals surface area contributed by atoms with Gasteiger partial charge in [0.05, 0.1) is 4.90 Å². The smallest absolute Gasteiger partial charge is 0.294 e. The second kappa shape index (κ2) is 8.65. The monoisotopic (exact) mass is 324 g/mol. The van der Waals surface area contributed by atoms with Gasteiger partial charge >= 0.3 is 0 Å². The fourth-order valence-electron chi connectivity index (χ4n) is 1.69. The standard InChI is InChI=1S/C9H12O2.C7H8O3S/c1-10-9(11-2)8-6-4-3-5-7-8;1-6-2-4-7(5-3-6)11(8,9)10/h3-7,9H,1-2H3;2-5H,1H3,(H,8,9,10). The minimum atomic E-state index is -4.02. The Labute approximate surface area is 131 Å². The minimum absolute atomic E-state index is 0.0666. The molecule has 0 unspecified atom stereocenters. The molecule has 120 valence electrons. The Morgan fingerprint density at radius 1 is 0.909 bits per heavy atom. The molecule has 0 aromatic heterocycles. The Balaban J connectivity index is 0.000000220. The van der Waals surface area contributed by atoms with E-state index in [-0.39, 0.29) is 11.2 Å². The van der Waals surface area contributed by atoms with Gasteiger partial charge in [0, 0.05) is 19.8 Å². The zero-order chi connectivity index (χ0) is 16.6. The van der Waals surface area contributed by atoms with Gasteiger partial charge in [-0.2, -0.15) is 8.42 Å². The molecule has 0 spiro atoms. The normalized spacial score (nSPS) is 11.0. The van der Waals surface area contributed by atoms with Crippen LogP contribution in [0.5, 0.6) is 0 Å². The number of methoxy groups -OCH3 is 2. The van der Waals surface area contributed by atoms with E-state index >= 15 is 0 Å². The molecular formula is C16H20O5S. The molecule has 0 aliphatic carbocycles. The van der Waals surface area contributed by atoms with Crippen LogP contribution in [0.2, 0.25) is 0 Å². The van der Waals surface area contributed by atoms with Gasteiger partial charge in [0.1, 0.15) is 0 Å². The molecule has 0 heterocycles. The van der Waals surface area contributed by atoms with Crippen molar-refractivity contribution < 1.29 is 22.4 Å². The van der Waals surface area contributed by atoms with Crippen molar-refractivity contribution in [3.05, 3.63) is 65.7 Å². The Hall–Kier alpha value is -1.73. The molecule has 0 saturated carbocycles. The predicted octanol–water partition coefficient (Wildman–Crippen LogP) is 3.22. The number of ether oxygens (including phenoxy) is 2. The third kappa shape index (κ3) is 5.95. The van der Waals surface area contributed by atoms with Gasteiger partial charge in [0.15, 0.2) is 6.29 Å². The van der Waals surface area contributed by atoms with Gasteiger partial charge in [-0.05, 0) is 19.1 Å². The molecule has 2 aromatic rings. The van der Waals surface area contributed by atoms with Gasteiger partial charge in [0.2, 0.25) is 0 Å². The van der Waals surface area contributed by atoms with Gasteiger partial charge in [-0.1, -0.05) is 48.0 Å². The first-order valence-electron chi connectivity index (χ1n) is 6.53. The molecule has 1 N–H and O–H groups in total. The van der Waals surface area contributed by atoms with Gasteiger partial charge in [-0.25, -0.2) is 0 Å². The fourth-order valence-corrected chi connectivity index (χ4v) is 2.17. The van der Waals surface area contributed by atoms with Gasteiger partial charge in [-0.15, -0.1) is 0 Å². The zero-order valence-corrected chi connectivity index (χ0v) is 13.6. The van der Waals surface area contributed by atoms with Crippen molar-refractivity contribution in [2.75, 3.05) is 14.2 Å². The summed E-state index contributed by atoms with van der Waals surface area (Å²) in [6.07, 6.45) is -0.240. The van der Waals surface area contributed by atoms with E-state index in [1.54, 1.807) is 26.4 Å². The minimum Gasteiger partial charge on any atom is -0.352 e. The summed E-state index contributed by atoms with van der Waals surface area (Å²) in [6.45, 7) is 1.84. The molecular weight excluding hydrogens is 304 g/mol. The summed E-state index contributed by atoms with van der Waals surface area (Å²) in [4.78, 5) is -0.0666. The highest BCUT2D eigenvalue weighted by Gasteiger charge is 2.07. The van der Waals surface area contributed by atoms with E-state index in [9.17, 15) is 8.42 Å². The summed E-state index contributed by atoms with van der Waals surface area (Å²) >= 11 is 0. The first-order chi connectivity index (χ1) is 10.4. The van der Waals surface area contributed by atoms with Crippen LogP contribution >= 0.6 is 0 Å². The maximum atomic E-state index is 10.5. The van der Waals surface area contributed by atoms with Crippen molar-refractivity contribution >= 4 is 10.1 Å². The maximum absolute atomic E-state index is 10.5. The highest BCUT2D eigenvalue weighted by molar-refractivity contribution is 7.85. The summed E-state index contributed by atoms with van der Waals surface area (Å²) in [5, 5.41) is 0. The molecule has 0 bridgehead atoms. The molecule has 22 heavy (non-hydrogen) atoms. The van der Waals surface area contributed by atoms with E-state index in [1.807, 2.05) is 37.3 Å². The Morgan fingerprint density at radius 2 is 1.41 bits per heavy atom. The van der Waals surface area contributed by atoms with E-state index in [4.69, 9.17) is 14.0 Å². The third-order valence-electron chi connectivity index (χ3n) is 2.82. The second-order valence-electron chi connectivity index (χ2n) is 4.50. The van der Waals surface area contributed by atoms with Crippen LogP contribution in [0.15, 0.2) is 59.5 Å². The lowest BCUT2D eigenvalue weighted by Gasteiger charge is -2.12. The van der Waals surface area contributed by atoms with Crippen LogP contribution in [0, 0.1) is 6.92 Å². The highest BCUT2D eigenvalue weighted by atomic mass is 32.2. The molecule has 0 amide bonds. The lowest BCUT2D eigenvalue weighted by atomic mass is 10.2. The fraction of sp³-hybridized carbons (Fsp3) is 0.250. The Morgan fingerprint density at radius 3 is 1.82 bits per heavy atom.